The third-order valence-electron chi connectivity index (χ3n) is 6.78. The van der Waals surface area contributed by atoms with Crippen LogP contribution in [0.25, 0.3) is 0 Å². The summed E-state index contributed by atoms with van der Waals surface area (Å²) in [5, 5.41) is 0. The van der Waals surface area contributed by atoms with Crippen molar-refractivity contribution in [2.45, 2.75) is 181 Å². The lowest BCUT2D eigenvalue weighted by Crippen LogP contribution is -1.87. The Morgan fingerprint density at radius 1 is 0.258 bits per heavy atom. The fourth-order valence-electron chi connectivity index (χ4n) is 4.55. The van der Waals surface area contributed by atoms with Crippen LogP contribution in [0.2, 0.25) is 0 Å². The highest BCUT2D eigenvalue weighted by Crippen LogP contribution is 2.16. The van der Waals surface area contributed by atoms with Gasteiger partial charge in [-0.05, 0) is 24.3 Å². The molecule has 0 spiro atoms. The van der Waals surface area contributed by atoms with Crippen LogP contribution in [0.4, 0.5) is 0 Å². The van der Waals surface area contributed by atoms with E-state index in [9.17, 15) is 0 Å². The zero-order chi connectivity index (χ0) is 22.5. The second kappa shape index (κ2) is 30.4. The molecular weight excluding hydrogens is 392 g/mol. The fourth-order valence-corrected chi connectivity index (χ4v) is 5.57. The summed E-state index contributed by atoms with van der Waals surface area (Å²) in [6.07, 6.45) is 38.2. The molecule has 0 amide bonds. The maximum atomic E-state index is 2.30. The van der Waals surface area contributed by atoms with Gasteiger partial charge >= 0.3 is 0 Å². The Balaban J connectivity index is 2.98. The molecule has 0 aromatic heterocycles. The van der Waals surface area contributed by atoms with Gasteiger partial charge in [0.25, 0.3) is 0 Å². The molecule has 0 radical (unpaired) electrons. The molecule has 0 saturated heterocycles. The third-order valence-corrected chi connectivity index (χ3v) is 7.94. The van der Waals surface area contributed by atoms with E-state index >= 15 is 0 Å². The van der Waals surface area contributed by atoms with Gasteiger partial charge in [0.15, 0.2) is 0 Å². The molecule has 0 saturated carbocycles. The SMILES string of the molecule is CCCCCCCCCCCCCCCSCCCCCCCCCCCCCCC. The van der Waals surface area contributed by atoms with Gasteiger partial charge in [0.05, 0.1) is 0 Å². The maximum absolute atomic E-state index is 2.30. The lowest BCUT2D eigenvalue weighted by atomic mass is 10.0. The molecule has 31 heavy (non-hydrogen) atoms. The molecular formula is C30H62S. The first-order chi connectivity index (χ1) is 15.4. The molecule has 0 aliphatic carbocycles. The molecule has 0 bridgehead atoms. The normalized spacial score (nSPS) is 11.4. The molecule has 0 unspecified atom stereocenters. The highest BCUT2D eigenvalue weighted by molar-refractivity contribution is 7.99. The monoisotopic (exact) mass is 454 g/mol. The van der Waals surface area contributed by atoms with Crippen molar-refractivity contribution >= 4 is 11.8 Å². The van der Waals surface area contributed by atoms with E-state index in [1.54, 1.807) is 0 Å². The molecule has 0 nitrogen and oxygen atoms in total. The van der Waals surface area contributed by atoms with Crippen LogP contribution in [0.5, 0.6) is 0 Å². The van der Waals surface area contributed by atoms with E-state index in [-0.39, 0.29) is 0 Å². The van der Waals surface area contributed by atoms with Crippen molar-refractivity contribution in [3.8, 4) is 0 Å². The van der Waals surface area contributed by atoms with Crippen molar-refractivity contribution in [2.75, 3.05) is 11.5 Å². The first-order valence-corrected chi connectivity index (χ1v) is 16.1. The molecule has 0 aliphatic rings. The van der Waals surface area contributed by atoms with E-state index in [4.69, 9.17) is 0 Å². The standard InChI is InChI=1S/C30H62S/c1-3-5-7-9-11-13-15-17-19-21-23-25-27-29-31-30-28-26-24-22-20-18-16-14-12-10-8-6-4-2/h3-30H2,1-2H3. The quantitative estimate of drug-likeness (QED) is 0.106. The van der Waals surface area contributed by atoms with Gasteiger partial charge in [-0.2, -0.15) is 11.8 Å². The predicted octanol–water partition coefficient (Wildman–Crippen LogP) is 11.9. The molecule has 0 rings (SSSR count). The van der Waals surface area contributed by atoms with Crippen LogP contribution in [0.15, 0.2) is 0 Å². The molecule has 0 atom stereocenters. The molecule has 0 aliphatic heterocycles. The molecule has 0 heterocycles. The molecule has 1 heteroatoms. The largest absolute Gasteiger partial charge is 0.162 e. The maximum Gasteiger partial charge on any atom is -0.00675 e. The van der Waals surface area contributed by atoms with Crippen LogP contribution in [0, 0.1) is 0 Å². The fraction of sp³-hybridized carbons (Fsp3) is 1.00. The van der Waals surface area contributed by atoms with Crippen molar-refractivity contribution in [3.05, 3.63) is 0 Å². The second-order valence-electron chi connectivity index (χ2n) is 10.1. The number of hydrogen-bond donors (Lipinski definition) is 0. The number of thioether (sulfide) groups is 1. The van der Waals surface area contributed by atoms with Crippen LogP contribution in [-0.2, 0) is 0 Å². The minimum Gasteiger partial charge on any atom is -0.162 e. The van der Waals surface area contributed by atoms with E-state index in [0.717, 1.165) is 0 Å². The lowest BCUT2D eigenvalue weighted by molar-refractivity contribution is 0.542. The van der Waals surface area contributed by atoms with E-state index in [1.807, 2.05) is 0 Å². The molecule has 0 aromatic rings. The summed E-state index contributed by atoms with van der Waals surface area (Å²) in [6, 6.07) is 0. The van der Waals surface area contributed by atoms with Crippen LogP contribution < -0.4 is 0 Å². The summed E-state index contributed by atoms with van der Waals surface area (Å²) in [6.45, 7) is 4.61. The summed E-state index contributed by atoms with van der Waals surface area (Å²) in [5.41, 5.74) is 0. The molecule has 0 aromatic carbocycles. The van der Waals surface area contributed by atoms with Gasteiger partial charge in [0.2, 0.25) is 0 Å². The Morgan fingerprint density at radius 3 is 0.677 bits per heavy atom. The van der Waals surface area contributed by atoms with Gasteiger partial charge in [-0.15, -0.1) is 0 Å². The van der Waals surface area contributed by atoms with Crippen LogP contribution in [0.1, 0.15) is 181 Å². The van der Waals surface area contributed by atoms with E-state index in [1.165, 1.54) is 178 Å². The Kier molecular flexibility index (Phi) is 30.7. The van der Waals surface area contributed by atoms with Crippen LogP contribution in [-0.4, -0.2) is 11.5 Å². The van der Waals surface area contributed by atoms with Crippen LogP contribution in [0.3, 0.4) is 0 Å². The van der Waals surface area contributed by atoms with Crippen LogP contribution >= 0.6 is 11.8 Å². The highest BCUT2D eigenvalue weighted by atomic mass is 32.2. The Hall–Kier alpha value is 0.350. The predicted molar refractivity (Wildman–Crippen MR) is 149 cm³/mol. The summed E-state index contributed by atoms with van der Waals surface area (Å²) in [4.78, 5) is 0. The summed E-state index contributed by atoms with van der Waals surface area (Å²) >= 11 is 2.22. The average molecular weight is 455 g/mol. The number of hydrogen-bond acceptors (Lipinski definition) is 1. The molecule has 0 N–H and O–H groups in total. The minimum atomic E-state index is 1.37. The van der Waals surface area contributed by atoms with Crippen molar-refractivity contribution in [2.24, 2.45) is 0 Å². The van der Waals surface area contributed by atoms with Gasteiger partial charge in [-0.25, -0.2) is 0 Å². The zero-order valence-electron chi connectivity index (χ0n) is 22.2. The van der Waals surface area contributed by atoms with Gasteiger partial charge < -0.3 is 0 Å². The molecule has 188 valence electrons. The highest BCUT2D eigenvalue weighted by Gasteiger charge is 1.96. The number of rotatable bonds is 28. The smallest absolute Gasteiger partial charge is 0.00675 e. The van der Waals surface area contributed by atoms with Crippen molar-refractivity contribution in [1.29, 1.82) is 0 Å². The van der Waals surface area contributed by atoms with Gasteiger partial charge in [-0.1, -0.05) is 168 Å². The first-order valence-electron chi connectivity index (χ1n) is 15.0. The van der Waals surface area contributed by atoms with Crippen molar-refractivity contribution in [1.82, 2.24) is 0 Å². The summed E-state index contributed by atoms with van der Waals surface area (Å²) < 4.78 is 0. The first kappa shape index (κ1) is 31.4. The third kappa shape index (κ3) is 30.4. The van der Waals surface area contributed by atoms with Crippen molar-refractivity contribution in [3.63, 3.8) is 0 Å². The van der Waals surface area contributed by atoms with Gasteiger partial charge in [0.1, 0.15) is 0 Å². The van der Waals surface area contributed by atoms with Crippen molar-refractivity contribution < 1.29 is 0 Å². The van der Waals surface area contributed by atoms with Gasteiger partial charge in [0, 0.05) is 0 Å². The van der Waals surface area contributed by atoms with E-state index < -0.39 is 0 Å². The Bertz CT molecular complexity index is 260. The van der Waals surface area contributed by atoms with E-state index in [2.05, 4.69) is 25.6 Å². The minimum absolute atomic E-state index is 1.37. The molecule has 0 fully saturated rings. The lowest BCUT2D eigenvalue weighted by Gasteiger charge is -2.04. The second-order valence-corrected chi connectivity index (χ2v) is 11.3. The number of unbranched alkanes of at least 4 members (excludes halogenated alkanes) is 24. The Morgan fingerprint density at radius 2 is 0.452 bits per heavy atom. The zero-order valence-corrected chi connectivity index (χ0v) is 23.0. The summed E-state index contributed by atoms with van der Waals surface area (Å²) in [5.74, 6) is 2.83. The van der Waals surface area contributed by atoms with Gasteiger partial charge in [-0.3, -0.25) is 0 Å². The summed E-state index contributed by atoms with van der Waals surface area (Å²) in [7, 11) is 0. The van der Waals surface area contributed by atoms with E-state index in [0.29, 0.717) is 0 Å². The average Bonchev–Trinajstić information content (AvgIpc) is 2.78. The topological polar surface area (TPSA) is 0 Å². The Labute approximate surface area is 203 Å².